The van der Waals surface area contributed by atoms with Gasteiger partial charge in [0.1, 0.15) is 11.4 Å². The van der Waals surface area contributed by atoms with Crippen molar-refractivity contribution in [2.75, 3.05) is 6.61 Å². The van der Waals surface area contributed by atoms with Crippen LogP contribution in [-0.4, -0.2) is 28.5 Å². The van der Waals surface area contributed by atoms with Crippen LogP contribution in [0, 0.1) is 12.8 Å². The molecule has 0 aliphatic heterocycles. The molecular formula is C22H25F3N2O2S. The molecule has 8 heteroatoms. The number of nitrogens with zero attached hydrogens (tertiary/aromatic N) is 2. The zero-order chi connectivity index (χ0) is 21.5. The van der Waals surface area contributed by atoms with Crippen LogP contribution in [0.25, 0.3) is 0 Å². The van der Waals surface area contributed by atoms with E-state index in [1.165, 1.54) is 12.3 Å². The van der Waals surface area contributed by atoms with E-state index < -0.39 is 18.2 Å². The van der Waals surface area contributed by atoms with Gasteiger partial charge in [-0.1, -0.05) is 19.8 Å². The number of aromatic nitrogens is 2. The summed E-state index contributed by atoms with van der Waals surface area (Å²) < 4.78 is 43.1. The van der Waals surface area contributed by atoms with E-state index in [2.05, 4.69) is 16.9 Å². The van der Waals surface area contributed by atoms with E-state index in [-0.39, 0.29) is 29.6 Å². The quantitative estimate of drug-likeness (QED) is 0.451. The highest BCUT2D eigenvalue weighted by atomic mass is 32.1. The first-order chi connectivity index (χ1) is 14.1. The van der Waals surface area contributed by atoms with Crippen LogP contribution in [0.5, 0.6) is 5.75 Å². The van der Waals surface area contributed by atoms with E-state index in [0.717, 1.165) is 42.8 Å². The molecule has 4 rings (SSSR count). The minimum absolute atomic E-state index is 0.127. The minimum atomic E-state index is -4.43. The van der Waals surface area contributed by atoms with E-state index in [1.807, 2.05) is 12.3 Å². The monoisotopic (exact) mass is 438 g/mol. The van der Waals surface area contributed by atoms with E-state index in [9.17, 15) is 18.0 Å². The van der Waals surface area contributed by atoms with Gasteiger partial charge in [0.2, 0.25) is 0 Å². The van der Waals surface area contributed by atoms with Gasteiger partial charge in [-0.3, -0.25) is 9.78 Å². The molecule has 2 aromatic heterocycles. The molecule has 2 aromatic rings. The van der Waals surface area contributed by atoms with Gasteiger partial charge in [-0.05, 0) is 38.0 Å². The lowest BCUT2D eigenvalue weighted by molar-refractivity contribution is -0.153. The van der Waals surface area contributed by atoms with Crippen LogP contribution in [0.1, 0.15) is 78.1 Å². The van der Waals surface area contributed by atoms with E-state index in [1.54, 1.807) is 11.3 Å². The van der Waals surface area contributed by atoms with Crippen molar-refractivity contribution in [3.63, 3.8) is 0 Å². The van der Waals surface area contributed by atoms with Gasteiger partial charge in [0.05, 0.1) is 5.01 Å². The van der Waals surface area contributed by atoms with Crippen molar-refractivity contribution in [2.24, 2.45) is 5.92 Å². The lowest BCUT2D eigenvalue weighted by Gasteiger charge is -2.27. The molecule has 0 saturated heterocycles. The summed E-state index contributed by atoms with van der Waals surface area (Å²) in [5, 5.41) is 2.92. The predicted molar refractivity (Wildman–Crippen MR) is 108 cm³/mol. The van der Waals surface area contributed by atoms with Crippen molar-refractivity contribution in [1.82, 2.24) is 9.97 Å². The van der Waals surface area contributed by atoms with Crippen LogP contribution < -0.4 is 4.74 Å². The largest absolute Gasteiger partial charge is 0.484 e. The molecule has 0 N–H and O–H groups in total. The highest BCUT2D eigenvalue weighted by Crippen LogP contribution is 2.46. The predicted octanol–water partition coefficient (Wildman–Crippen LogP) is 6.00. The maximum atomic E-state index is 13.1. The molecule has 0 radical (unpaired) electrons. The number of ether oxygens (including phenoxy) is 1. The molecule has 1 unspecified atom stereocenters. The first kappa shape index (κ1) is 21.3. The Balaban J connectivity index is 1.56. The molecule has 2 saturated carbocycles. The summed E-state index contributed by atoms with van der Waals surface area (Å²) in [4.78, 5) is 22.1. The van der Waals surface area contributed by atoms with Crippen molar-refractivity contribution in [2.45, 2.75) is 69.9 Å². The smallest absolute Gasteiger partial charge is 0.422 e. The molecule has 2 fully saturated rings. The third-order valence-corrected chi connectivity index (χ3v) is 6.98. The maximum Gasteiger partial charge on any atom is 0.422 e. The molecule has 4 nitrogen and oxygen atoms in total. The van der Waals surface area contributed by atoms with Crippen LogP contribution in [0.15, 0.2) is 17.6 Å². The first-order valence-electron chi connectivity index (χ1n) is 10.3. The van der Waals surface area contributed by atoms with Crippen LogP contribution >= 0.6 is 11.3 Å². The van der Waals surface area contributed by atoms with Crippen molar-refractivity contribution in [1.29, 1.82) is 0 Å². The number of rotatable bonds is 9. The third-order valence-electron chi connectivity index (χ3n) is 5.71. The molecule has 1 atom stereocenters. The Hall–Kier alpha value is -1.96. The van der Waals surface area contributed by atoms with Crippen LogP contribution in [0.4, 0.5) is 13.2 Å². The summed E-state index contributed by atoms with van der Waals surface area (Å²) in [6.07, 6.45) is 2.33. The van der Waals surface area contributed by atoms with Gasteiger partial charge in [0.25, 0.3) is 0 Å². The van der Waals surface area contributed by atoms with Crippen molar-refractivity contribution in [3.8, 4) is 5.75 Å². The molecule has 0 bridgehead atoms. The Morgan fingerprint density at radius 3 is 2.57 bits per heavy atom. The Bertz CT molecular complexity index is 935. The highest BCUT2D eigenvalue weighted by Gasteiger charge is 2.39. The molecule has 162 valence electrons. The van der Waals surface area contributed by atoms with Crippen molar-refractivity contribution >= 4 is 17.1 Å². The second-order valence-electron chi connectivity index (χ2n) is 8.89. The lowest BCUT2D eigenvalue weighted by Crippen LogP contribution is -2.27. The number of alkyl halides is 3. The number of aryl methyl sites for hydroxylation is 1. The SMILES string of the molecule is Cc1csc(C(C)(CC(=O)c2cc(OCC(F)(F)F)c(C3CC3)cn2)CC2CC2)n1. The number of pyridine rings is 1. The third kappa shape index (κ3) is 5.20. The number of ketones is 1. The van der Waals surface area contributed by atoms with Crippen molar-refractivity contribution < 1.29 is 22.7 Å². The normalized spacial score (nSPS) is 18.8. The van der Waals surface area contributed by atoms with Gasteiger partial charge in [-0.15, -0.1) is 11.3 Å². The second-order valence-corrected chi connectivity index (χ2v) is 9.75. The average molecular weight is 439 g/mol. The number of carbonyl (C=O) groups excluding carboxylic acids is 1. The van der Waals surface area contributed by atoms with E-state index in [0.29, 0.717) is 11.5 Å². The molecular weight excluding hydrogens is 413 g/mol. The fourth-order valence-corrected chi connectivity index (χ4v) is 4.83. The number of hydrogen-bond donors (Lipinski definition) is 0. The summed E-state index contributed by atoms with van der Waals surface area (Å²) in [5.41, 5.74) is 1.35. The molecule has 0 amide bonds. The van der Waals surface area contributed by atoms with Gasteiger partial charge >= 0.3 is 6.18 Å². The Kier molecular flexibility index (Phi) is 5.64. The number of thiazole rings is 1. The number of carbonyl (C=O) groups is 1. The summed E-state index contributed by atoms with van der Waals surface area (Å²) in [6, 6.07) is 1.40. The fraction of sp³-hybridized carbons (Fsp3) is 0.591. The Morgan fingerprint density at radius 1 is 1.27 bits per heavy atom. The first-order valence-corrected chi connectivity index (χ1v) is 11.2. The van der Waals surface area contributed by atoms with E-state index in [4.69, 9.17) is 4.74 Å². The summed E-state index contributed by atoms with van der Waals surface area (Å²) >= 11 is 1.56. The van der Waals surface area contributed by atoms with Gasteiger partial charge in [-0.25, -0.2) is 4.98 Å². The maximum absolute atomic E-state index is 13.1. The number of halogens is 3. The molecule has 0 spiro atoms. The van der Waals surface area contributed by atoms with Gasteiger partial charge in [-0.2, -0.15) is 13.2 Å². The van der Waals surface area contributed by atoms with Crippen LogP contribution in [0.2, 0.25) is 0 Å². The summed E-state index contributed by atoms with van der Waals surface area (Å²) in [7, 11) is 0. The number of hydrogen-bond acceptors (Lipinski definition) is 5. The molecule has 2 aliphatic rings. The Morgan fingerprint density at radius 2 is 2.00 bits per heavy atom. The second kappa shape index (κ2) is 7.94. The topological polar surface area (TPSA) is 52.1 Å². The Labute approximate surface area is 177 Å². The van der Waals surface area contributed by atoms with Gasteiger partial charge in [0.15, 0.2) is 12.4 Å². The zero-order valence-electron chi connectivity index (χ0n) is 17.1. The lowest BCUT2D eigenvalue weighted by atomic mass is 9.80. The van der Waals surface area contributed by atoms with E-state index >= 15 is 0 Å². The standard InChI is InChI=1S/C22H25F3N2O2S/c1-13-11-30-20(27-13)21(2,8-14-3-4-14)9-18(28)17-7-19(29-12-22(23,24)25)16(10-26-17)15-5-6-15/h7,10-11,14-15H,3-6,8-9,12H2,1-2H3. The fourth-order valence-electron chi connectivity index (χ4n) is 3.86. The number of Topliss-reactive ketones (excluding diaryl/α,β-unsaturated/α-hetero) is 1. The minimum Gasteiger partial charge on any atom is -0.484 e. The zero-order valence-corrected chi connectivity index (χ0v) is 17.9. The van der Waals surface area contributed by atoms with Crippen molar-refractivity contribution in [3.05, 3.63) is 39.6 Å². The van der Waals surface area contributed by atoms with Crippen LogP contribution in [-0.2, 0) is 5.41 Å². The highest BCUT2D eigenvalue weighted by molar-refractivity contribution is 7.09. The van der Waals surface area contributed by atoms with Gasteiger partial charge < -0.3 is 4.74 Å². The van der Waals surface area contributed by atoms with Crippen LogP contribution in [0.3, 0.4) is 0 Å². The van der Waals surface area contributed by atoms with Gasteiger partial charge in [0, 0.05) is 40.7 Å². The molecule has 0 aromatic carbocycles. The molecule has 30 heavy (non-hydrogen) atoms. The average Bonchev–Trinajstić information content (AvgIpc) is 3.59. The molecule has 2 aliphatic carbocycles. The summed E-state index contributed by atoms with van der Waals surface area (Å²) in [6.45, 7) is 2.62. The summed E-state index contributed by atoms with van der Waals surface area (Å²) in [5.74, 6) is 0.707. The molecule has 2 heterocycles.